The number of likely N-dealkylation sites (tertiary alicyclic amines) is 1. The third-order valence-electron chi connectivity index (χ3n) is 7.81. The molecule has 6 nitrogen and oxygen atoms in total. The van der Waals surface area contributed by atoms with Gasteiger partial charge in [0, 0.05) is 46.3 Å². The highest BCUT2D eigenvalue weighted by Crippen LogP contribution is 2.38. The third-order valence-corrected chi connectivity index (χ3v) is 7.81. The van der Waals surface area contributed by atoms with Crippen LogP contribution in [0.4, 0.5) is 35.5 Å². The Balaban J connectivity index is 1.60. The number of amides is 3. The van der Waals surface area contributed by atoms with E-state index in [1.54, 1.807) is 24.9 Å². The van der Waals surface area contributed by atoms with Crippen LogP contribution in [0.2, 0.25) is 0 Å². The lowest BCUT2D eigenvalue weighted by atomic mass is 9.88. The smallest absolute Gasteiger partial charge is 0.343 e. The van der Waals surface area contributed by atoms with Gasteiger partial charge in [-0.3, -0.25) is 9.69 Å². The molecule has 2 aromatic carbocycles. The van der Waals surface area contributed by atoms with E-state index in [2.05, 4.69) is 4.90 Å². The number of piperidine rings is 1. The first-order valence-corrected chi connectivity index (χ1v) is 13.1. The first-order valence-electron chi connectivity index (χ1n) is 13.1. The molecule has 0 aromatic heterocycles. The molecule has 2 aliphatic rings. The number of likely N-dealkylation sites (N-methyl/N-ethyl adjacent to an activating group) is 1. The average Bonchev–Trinajstić information content (AvgIpc) is 2.88. The van der Waals surface area contributed by atoms with Crippen LogP contribution >= 0.6 is 0 Å². The summed E-state index contributed by atoms with van der Waals surface area (Å²) in [6.07, 6.45) is -9.08. The van der Waals surface area contributed by atoms with Crippen molar-refractivity contribution in [3.05, 3.63) is 70.0 Å². The quantitative estimate of drug-likeness (QED) is 0.431. The maximum absolute atomic E-state index is 13.9. The van der Waals surface area contributed by atoms with Gasteiger partial charge in [0.25, 0.3) is 0 Å². The predicted octanol–water partition coefficient (Wildman–Crippen LogP) is 5.70. The third kappa shape index (κ3) is 6.94. The first kappa shape index (κ1) is 30.6. The highest BCUT2D eigenvalue weighted by Gasteiger charge is 2.40. The van der Waals surface area contributed by atoms with Crippen LogP contribution in [-0.2, 0) is 23.7 Å². The molecule has 2 aromatic rings. The zero-order valence-corrected chi connectivity index (χ0v) is 22.8. The second-order valence-electron chi connectivity index (χ2n) is 10.7. The first-order chi connectivity index (χ1) is 19.0. The van der Waals surface area contributed by atoms with Crippen LogP contribution in [0.1, 0.15) is 46.7 Å². The van der Waals surface area contributed by atoms with E-state index in [9.17, 15) is 40.3 Å². The maximum atomic E-state index is 13.9. The molecule has 2 unspecified atom stereocenters. The minimum Gasteiger partial charge on any atom is -0.343 e. The molecule has 0 spiro atoms. The highest BCUT2D eigenvalue weighted by molar-refractivity contribution is 5.78. The summed E-state index contributed by atoms with van der Waals surface area (Å²) >= 11 is 0. The van der Waals surface area contributed by atoms with Gasteiger partial charge in [0.15, 0.2) is 0 Å². The summed E-state index contributed by atoms with van der Waals surface area (Å²) in [4.78, 5) is 32.3. The number of carbonyl (C=O) groups is 2. The zero-order valence-electron chi connectivity index (χ0n) is 22.8. The van der Waals surface area contributed by atoms with Crippen molar-refractivity contribution in [2.45, 2.75) is 50.7 Å². The van der Waals surface area contributed by atoms with Crippen molar-refractivity contribution in [2.24, 2.45) is 0 Å². The van der Waals surface area contributed by atoms with E-state index in [0.29, 0.717) is 49.2 Å². The minimum atomic E-state index is -5.00. The number of rotatable bonds is 4. The van der Waals surface area contributed by atoms with E-state index < -0.39 is 47.9 Å². The molecule has 2 atom stereocenters. The topological polar surface area (TPSA) is 47.1 Å². The van der Waals surface area contributed by atoms with Crippen LogP contribution in [0.3, 0.4) is 0 Å². The lowest BCUT2D eigenvalue weighted by molar-refractivity contribution is -0.143. The fraction of sp³-hybridized carbons (Fsp3) is 0.500. The van der Waals surface area contributed by atoms with Crippen molar-refractivity contribution in [3.8, 4) is 0 Å². The van der Waals surface area contributed by atoms with Crippen molar-refractivity contribution in [1.29, 1.82) is 0 Å². The number of urea groups is 1. The summed E-state index contributed by atoms with van der Waals surface area (Å²) in [5, 5.41) is 0. The van der Waals surface area contributed by atoms with Crippen molar-refractivity contribution in [2.75, 3.05) is 40.3 Å². The lowest BCUT2D eigenvalue weighted by Crippen LogP contribution is -2.56. The summed E-state index contributed by atoms with van der Waals surface area (Å²) < 4.78 is 94.0. The van der Waals surface area contributed by atoms with Crippen molar-refractivity contribution in [1.82, 2.24) is 19.6 Å². The van der Waals surface area contributed by atoms with Gasteiger partial charge in [-0.1, -0.05) is 6.07 Å². The Hall–Kier alpha value is -3.35. The number of benzene rings is 2. The van der Waals surface area contributed by atoms with Crippen LogP contribution in [0, 0.1) is 12.7 Å². The van der Waals surface area contributed by atoms with Gasteiger partial charge < -0.3 is 14.7 Å². The Labute approximate surface area is 233 Å². The van der Waals surface area contributed by atoms with Crippen molar-refractivity contribution >= 4 is 11.9 Å². The number of piperazine rings is 1. The summed E-state index contributed by atoms with van der Waals surface area (Å²) in [5.74, 6) is -0.480. The Morgan fingerprint density at radius 2 is 1.61 bits per heavy atom. The number of aryl methyl sites for hydroxylation is 1. The normalized spacial score (nSPS) is 20.9. The predicted molar refractivity (Wildman–Crippen MR) is 136 cm³/mol. The molecular weight excluding hydrogens is 557 g/mol. The fourth-order valence-corrected chi connectivity index (χ4v) is 5.57. The number of hydrogen-bond donors (Lipinski definition) is 0. The van der Waals surface area contributed by atoms with Gasteiger partial charge in [0.2, 0.25) is 5.91 Å². The van der Waals surface area contributed by atoms with Gasteiger partial charge in [-0.05, 0) is 66.8 Å². The standard InChI is InChI=1S/C28H31F7N4O2/c1-17-10-21(29)4-5-23(17)24-14-22(38-9-8-36(2)25(40)16-38)6-7-39(24)26(41)37(3)15-18-11-19(27(30,31)32)13-20(12-18)28(33,34)35/h4-5,10-13,22,24H,6-9,14-16H2,1-3H3. The van der Waals surface area contributed by atoms with Crippen molar-refractivity contribution < 1.29 is 40.3 Å². The summed E-state index contributed by atoms with van der Waals surface area (Å²) in [7, 11) is 3.04. The Kier molecular flexibility index (Phi) is 8.58. The molecule has 41 heavy (non-hydrogen) atoms. The average molecular weight is 589 g/mol. The monoisotopic (exact) mass is 588 g/mol. The van der Waals surface area contributed by atoms with Gasteiger partial charge in [-0.25, -0.2) is 9.18 Å². The lowest BCUT2D eigenvalue weighted by Gasteiger charge is -2.46. The Bertz CT molecular complexity index is 1260. The summed E-state index contributed by atoms with van der Waals surface area (Å²) in [6.45, 7) is 2.86. The van der Waals surface area contributed by atoms with Crippen LogP contribution in [0.15, 0.2) is 36.4 Å². The van der Waals surface area contributed by atoms with Gasteiger partial charge in [-0.15, -0.1) is 0 Å². The molecule has 0 radical (unpaired) electrons. The summed E-state index contributed by atoms with van der Waals surface area (Å²) in [5.41, 5.74) is -1.95. The maximum Gasteiger partial charge on any atom is 0.416 e. The molecule has 0 saturated carbocycles. The van der Waals surface area contributed by atoms with Gasteiger partial charge in [0.05, 0.1) is 23.7 Å². The summed E-state index contributed by atoms with van der Waals surface area (Å²) in [6, 6.07) is 4.26. The molecule has 224 valence electrons. The SMILES string of the molecule is Cc1cc(F)ccc1C1CC(N2CCN(C)C(=O)C2)CCN1C(=O)N(C)Cc1cc(C(F)(F)F)cc(C(F)(F)F)c1. The Morgan fingerprint density at radius 1 is 0.976 bits per heavy atom. The molecule has 2 aliphatic heterocycles. The molecule has 0 aliphatic carbocycles. The van der Waals surface area contributed by atoms with Crippen molar-refractivity contribution in [3.63, 3.8) is 0 Å². The number of halogens is 7. The van der Waals surface area contributed by atoms with Crippen LogP contribution in [0.5, 0.6) is 0 Å². The number of nitrogens with zero attached hydrogens (tertiary/aromatic N) is 4. The van der Waals surface area contributed by atoms with E-state index in [1.807, 2.05) is 0 Å². The van der Waals surface area contributed by atoms with Gasteiger partial charge in [0.1, 0.15) is 5.82 Å². The fourth-order valence-electron chi connectivity index (χ4n) is 5.57. The number of carbonyl (C=O) groups excluding carboxylic acids is 2. The molecule has 2 saturated heterocycles. The van der Waals surface area contributed by atoms with Crippen LogP contribution in [0.25, 0.3) is 0 Å². The minimum absolute atomic E-state index is 0.0247. The van der Waals surface area contributed by atoms with Gasteiger partial charge >= 0.3 is 18.4 Å². The molecule has 2 heterocycles. The second-order valence-corrected chi connectivity index (χ2v) is 10.7. The molecule has 0 bridgehead atoms. The van der Waals surface area contributed by atoms with Gasteiger partial charge in [-0.2, -0.15) is 26.3 Å². The van der Waals surface area contributed by atoms with E-state index in [1.165, 1.54) is 24.1 Å². The molecule has 3 amide bonds. The van der Waals surface area contributed by atoms with E-state index in [0.717, 1.165) is 4.90 Å². The largest absolute Gasteiger partial charge is 0.416 e. The second kappa shape index (κ2) is 11.5. The molecule has 2 fully saturated rings. The van der Waals surface area contributed by atoms with E-state index in [4.69, 9.17) is 0 Å². The molecule has 4 rings (SSSR count). The Morgan fingerprint density at radius 3 is 2.17 bits per heavy atom. The number of hydrogen-bond acceptors (Lipinski definition) is 3. The van der Waals surface area contributed by atoms with E-state index >= 15 is 0 Å². The van der Waals surface area contributed by atoms with E-state index in [-0.39, 0.29) is 36.7 Å². The number of alkyl halides is 6. The molecular formula is C28H31F7N4O2. The zero-order chi connectivity index (χ0) is 30.3. The van der Waals surface area contributed by atoms with Crippen LogP contribution in [-0.4, -0.2) is 77.9 Å². The molecule has 13 heteroatoms. The molecule has 0 N–H and O–H groups in total. The van der Waals surface area contributed by atoms with Crippen LogP contribution < -0.4 is 0 Å². The highest BCUT2D eigenvalue weighted by atomic mass is 19.4.